The molecule has 0 spiro atoms. The predicted octanol–water partition coefficient (Wildman–Crippen LogP) is 0.744. The number of rotatable bonds is 2. The summed E-state index contributed by atoms with van der Waals surface area (Å²) >= 11 is 0. The summed E-state index contributed by atoms with van der Waals surface area (Å²) in [5.74, 6) is 0. The third-order valence-corrected chi connectivity index (χ3v) is 5.88. The van der Waals surface area contributed by atoms with Crippen molar-refractivity contribution in [2.45, 2.75) is 25.4 Å². The largest absolute Gasteiger partial charge is 0.326 e. The first-order valence-corrected chi connectivity index (χ1v) is 8.04. The summed E-state index contributed by atoms with van der Waals surface area (Å²) in [4.78, 5) is 0. The predicted molar refractivity (Wildman–Crippen MR) is 80.9 cm³/mol. The number of hydrogen-bond acceptors (Lipinski definition) is 3. The molecule has 2 heterocycles. The molecule has 0 aromatic heterocycles. The zero-order valence-electron chi connectivity index (χ0n) is 11.2. The summed E-state index contributed by atoms with van der Waals surface area (Å²) in [7, 11) is -3.35. The van der Waals surface area contributed by atoms with Crippen LogP contribution in [0.3, 0.4) is 0 Å². The molecule has 1 unspecified atom stereocenters. The summed E-state index contributed by atoms with van der Waals surface area (Å²) in [6, 6.07) is 8.02. The van der Waals surface area contributed by atoms with Crippen LogP contribution < -0.4 is 5.73 Å². The molecular weight excluding hydrogens is 298 g/mol. The third kappa shape index (κ3) is 2.84. The molecule has 112 valence electrons. The van der Waals surface area contributed by atoms with Gasteiger partial charge in [-0.05, 0) is 24.0 Å². The first kappa shape index (κ1) is 15.7. The van der Waals surface area contributed by atoms with Gasteiger partial charge in [-0.1, -0.05) is 24.3 Å². The molecule has 2 N–H and O–H groups in total. The molecule has 1 saturated heterocycles. The standard InChI is InChI=1S/C13H19N3O2S.ClH/c14-13-6-8-16(10-13)19(17,18)15-7-5-11-3-1-2-4-12(11)9-15;/h1-4,13H,5-10,14H2;1H. The van der Waals surface area contributed by atoms with Gasteiger partial charge in [0.05, 0.1) is 0 Å². The van der Waals surface area contributed by atoms with Crippen molar-refractivity contribution >= 4 is 22.6 Å². The van der Waals surface area contributed by atoms with Crippen molar-refractivity contribution in [2.75, 3.05) is 19.6 Å². The Hall–Kier alpha value is -0.660. The number of nitrogens with zero attached hydrogens (tertiary/aromatic N) is 2. The number of fused-ring (bicyclic) bond motifs is 1. The molecule has 0 radical (unpaired) electrons. The Labute approximate surface area is 126 Å². The van der Waals surface area contributed by atoms with E-state index in [4.69, 9.17) is 5.73 Å². The van der Waals surface area contributed by atoms with Crippen molar-refractivity contribution in [3.63, 3.8) is 0 Å². The van der Waals surface area contributed by atoms with Crippen LogP contribution in [-0.4, -0.2) is 42.7 Å². The molecule has 1 aromatic rings. The summed E-state index contributed by atoms with van der Waals surface area (Å²) in [5.41, 5.74) is 8.17. The zero-order valence-corrected chi connectivity index (χ0v) is 12.9. The van der Waals surface area contributed by atoms with Gasteiger partial charge in [-0.2, -0.15) is 17.0 Å². The van der Waals surface area contributed by atoms with E-state index in [0.29, 0.717) is 26.2 Å². The Kier molecular flexibility index (Phi) is 4.71. The van der Waals surface area contributed by atoms with Crippen LogP contribution in [0.4, 0.5) is 0 Å². The zero-order chi connectivity index (χ0) is 13.5. The van der Waals surface area contributed by atoms with Crippen LogP contribution in [0.1, 0.15) is 17.5 Å². The van der Waals surface area contributed by atoms with Crippen molar-refractivity contribution < 1.29 is 8.42 Å². The van der Waals surface area contributed by atoms with Gasteiger partial charge in [0.2, 0.25) is 0 Å². The molecular formula is C13H20ClN3O2S. The van der Waals surface area contributed by atoms with E-state index in [-0.39, 0.29) is 18.4 Å². The quantitative estimate of drug-likeness (QED) is 0.875. The van der Waals surface area contributed by atoms with Gasteiger partial charge in [-0.3, -0.25) is 0 Å². The maximum absolute atomic E-state index is 12.5. The second kappa shape index (κ2) is 5.99. The molecule has 1 aromatic carbocycles. The fourth-order valence-corrected chi connectivity index (χ4v) is 4.46. The summed E-state index contributed by atoms with van der Waals surface area (Å²) in [5, 5.41) is 0. The molecule has 20 heavy (non-hydrogen) atoms. The highest BCUT2D eigenvalue weighted by Gasteiger charge is 2.35. The Morgan fingerprint density at radius 3 is 2.45 bits per heavy atom. The minimum absolute atomic E-state index is 0. The number of halogens is 1. The van der Waals surface area contributed by atoms with E-state index in [1.807, 2.05) is 18.2 Å². The molecule has 1 atom stereocenters. The Bertz CT molecular complexity index is 579. The highest BCUT2D eigenvalue weighted by molar-refractivity contribution is 7.86. The SMILES string of the molecule is Cl.NC1CCN(S(=O)(=O)N2CCc3ccccc3C2)C1. The highest BCUT2D eigenvalue weighted by Crippen LogP contribution is 2.24. The molecule has 3 rings (SSSR count). The first-order valence-electron chi connectivity index (χ1n) is 6.65. The van der Waals surface area contributed by atoms with Crippen LogP contribution in [0.15, 0.2) is 24.3 Å². The van der Waals surface area contributed by atoms with Crippen LogP contribution in [0, 0.1) is 0 Å². The van der Waals surface area contributed by atoms with Crippen LogP contribution >= 0.6 is 12.4 Å². The lowest BCUT2D eigenvalue weighted by atomic mass is 10.0. The lowest BCUT2D eigenvalue weighted by Gasteiger charge is -2.31. The molecule has 5 nitrogen and oxygen atoms in total. The molecule has 0 bridgehead atoms. The van der Waals surface area contributed by atoms with Crippen molar-refractivity contribution in [2.24, 2.45) is 5.73 Å². The monoisotopic (exact) mass is 317 g/mol. The van der Waals surface area contributed by atoms with Crippen molar-refractivity contribution in [1.82, 2.24) is 8.61 Å². The minimum atomic E-state index is -3.35. The van der Waals surface area contributed by atoms with Crippen LogP contribution in [-0.2, 0) is 23.2 Å². The van der Waals surface area contributed by atoms with Crippen molar-refractivity contribution in [3.8, 4) is 0 Å². The Morgan fingerprint density at radius 1 is 1.10 bits per heavy atom. The molecule has 0 saturated carbocycles. The van der Waals surface area contributed by atoms with E-state index in [1.54, 1.807) is 4.31 Å². The molecule has 2 aliphatic rings. The highest BCUT2D eigenvalue weighted by atomic mass is 35.5. The average Bonchev–Trinajstić information content (AvgIpc) is 2.85. The van der Waals surface area contributed by atoms with Gasteiger partial charge in [0.1, 0.15) is 0 Å². The summed E-state index contributed by atoms with van der Waals surface area (Å²) in [6.07, 6.45) is 1.54. The molecule has 0 amide bonds. The number of benzene rings is 1. The van der Waals surface area contributed by atoms with Crippen LogP contribution in [0.5, 0.6) is 0 Å². The molecule has 0 aliphatic carbocycles. The second-order valence-electron chi connectivity index (χ2n) is 5.27. The fourth-order valence-electron chi connectivity index (χ4n) is 2.79. The Morgan fingerprint density at radius 2 is 1.80 bits per heavy atom. The molecule has 2 aliphatic heterocycles. The van der Waals surface area contributed by atoms with E-state index in [2.05, 4.69) is 6.07 Å². The van der Waals surface area contributed by atoms with E-state index in [0.717, 1.165) is 18.4 Å². The van der Waals surface area contributed by atoms with Crippen LogP contribution in [0.2, 0.25) is 0 Å². The van der Waals surface area contributed by atoms with E-state index < -0.39 is 10.2 Å². The maximum atomic E-state index is 12.5. The number of nitrogens with two attached hydrogens (primary N) is 1. The lowest BCUT2D eigenvalue weighted by molar-refractivity contribution is 0.344. The average molecular weight is 318 g/mol. The lowest BCUT2D eigenvalue weighted by Crippen LogP contribution is -2.45. The minimum Gasteiger partial charge on any atom is -0.326 e. The van der Waals surface area contributed by atoms with Crippen molar-refractivity contribution in [1.29, 1.82) is 0 Å². The van der Waals surface area contributed by atoms with Gasteiger partial charge in [-0.25, -0.2) is 0 Å². The summed E-state index contributed by atoms with van der Waals surface area (Å²) < 4.78 is 28.2. The van der Waals surface area contributed by atoms with Gasteiger partial charge < -0.3 is 5.73 Å². The molecule has 1 fully saturated rings. The molecule has 7 heteroatoms. The van der Waals surface area contributed by atoms with Gasteiger partial charge in [-0.15, -0.1) is 12.4 Å². The van der Waals surface area contributed by atoms with Gasteiger partial charge in [0, 0.05) is 32.2 Å². The smallest absolute Gasteiger partial charge is 0.282 e. The normalized spacial score (nSPS) is 24.1. The van der Waals surface area contributed by atoms with Gasteiger partial charge in [0.25, 0.3) is 10.2 Å². The maximum Gasteiger partial charge on any atom is 0.282 e. The third-order valence-electron chi connectivity index (χ3n) is 3.94. The van der Waals surface area contributed by atoms with Gasteiger partial charge >= 0.3 is 0 Å². The first-order chi connectivity index (χ1) is 9.07. The van der Waals surface area contributed by atoms with Crippen molar-refractivity contribution in [3.05, 3.63) is 35.4 Å². The van der Waals surface area contributed by atoms with E-state index in [1.165, 1.54) is 9.87 Å². The number of hydrogen-bond donors (Lipinski definition) is 1. The van der Waals surface area contributed by atoms with Gasteiger partial charge in [0.15, 0.2) is 0 Å². The second-order valence-corrected chi connectivity index (χ2v) is 7.20. The van der Waals surface area contributed by atoms with E-state index >= 15 is 0 Å². The topological polar surface area (TPSA) is 66.6 Å². The fraction of sp³-hybridized carbons (Fsp3) is 0.538. The van der Waals surface area contributed by atoms with E-state index in [9.17, 15) is 8.42 Å². The Balaban J connectivity index is 0.00000147. The van der Waals surface area contributed by atoms with Crippen LogP contribution in [0.25, 0.3) is 0 Å². The summed E-state index contributed by atoms with van der Waals surface area (Å²) in [6.45, 7) is 2.03.